The summed E-state index contributed by atoms with van der Waals surface area (Å²) in [6, 6.07) is 10.1. The van der Waals surface area contributed by atoms with Crippen molar-refractivity contribution in [2.75, 3.05) is 17.2 Å². The van der Waals surface area contributed by atoms with Gasteiger partial charge in [-0.3, -0.25) is 23.9 Å². The summed E-state index contributed by atoms with van der Waals surface area (Å²) in [7, 11) is 0. The number of fused-ring (bicyclic) bond motifs is 1. The normalized spacial score (nSPS) is 14.9. The second-order valence-corrected chi connectivity index (χ2v) is 9.59. The van der Waals surface area contributed by atoms with Gasteiger partial charge in [0.2, 0.25) is 17.7 Å². The number of amides is 3. The molecule has 2 N–H and O–H groups in total. The molecule has 10 nitrogen and oxygen atoms in total. The Labute approximate surface area is 212 Å². The number of ketones is 1. The zero-order valence-corrected chi connectivity index (χ0v) is 20.4. The lowest BCUT2D eigenvalue weighted by atomic mass is 10.1. The summed E-state index contributed by atoms with van der Waals surface area (Å²) in [4.78, 5) is 55.9. The molecule has 2 saturated carbocycles. The van der Waals surface area contributed by atoms with Gasteiger partial charge in [0.05, 0.1) is 5.52 Å². The summed E-state index contributed by atoms with van der Waals surface area (Å²) in [6.45, 7) is 1.15. The number of anilines is 2. The number of halogens is 1. The molecule has 2 aromatic heterocycles. The molecule has 0 radical (unpaired) electrons. The van der Waals surface area contributed by atoms with Crippen LogP contribution >= 0.6 is 11.6 Å². The summed E-state index contributed by atoms with van der Waals surface area (Å²) >= 11 is 5.88. The standard InChI is InChI=1S/C25H25ClN6O4/c1-14(33)24-18-11-16(27-25(36)15-5-6-15)7-10-19(18)32(30-24)13-23(35)31(17-8-9-17)12-22(34)29-21-4-2-3-20(26)28-21/h2-4,7,10-11,15,17H,5-6,8-9,12-13H2,1H3,(H,27,36)(H,28,29,34). The lowest BCUT2D eigenvalue weighted by Gasteiger charge is -2.22. The molecule has 0 spiro atoms. The fraction of sp³-hybridized carbons (Fsp3) is 0.360. The van der Waals surface area contributed by atoms with Crippen molar-refractivity contribution in [1.29, 1.82) is 0 Å². The molecule has 0 aliphatic heterocycles. The van der Waals surface area contributed by atoms with Crippen LogP contribution in [0, 0.1) is 5.92 Å². The number of carbonyl (C=O) groups is 4. The lowest BCUT2D eigenvalue weighted by molar-refractivity contribution is -0.135. The van der Waals surface area contributed by atoms with Crippen LogP contribution < -0.4 is 10.6 Å². The largest absolute Gasteiger partial charge is 0.329 e. The van der Waals surface area contributed by atoms with Gasteiger partial charge < -0.3 is 15.5 Å². The van der Waals surface area contributed by atoms with Gasteiger partial charge >= 0.3 is 0 Å². The summed E-state index contributed by atoms with van der Waals surface area (Å²) in [6.07, 6.45) is 3.41. The number of nitrogens with one attached hydrogen (secondary N) is 2. The summed E-state index contributed by atoms with van der Waals surface area (Å²) in [5.41, 5.74) is 1.41. The van der Waals surface area contributed by atoms with Crippen LogP contribution in [0.5, 0.6) is 0 Å². The van der Waals surface area contributed by atoms with Crippen LogP contribution in [0.4, 0.5) is 11.5 Å². The van der Waals surface area contributed by atoms with Gasteiger partial charge in [-0.25, -0.2) is 4.98 Å². The third-order valence-corrected chi connectivity index (χ3v) is 6.40. The summed E-state index contributed by atoms with van der Waals surface area (Å²) < 4.78 is 1.48. The highest BCUT2D eigenvalue weighted by Gasteiger charge is 2.34. The zero-order chi connectivity index (χ0) is 25.4. The van der Waals surface area contributed by atoms with E-state index in [0.717, 1.165) is 25.7 Å². The Morgan fingerprint density at radius 3 is 2.53 bits per heavy atom. The second kappa shape index (κ2) is 9.69. The topological polar surface area (TPSA) is 126 Å². The molecule has 5 rings (SSSR count). The van der Waals surface area contributed by atoms with Crippen LogP contribution in [0.2, 0.25) is 5.15 Å². The molecule has 0 saturated heterocycles. The van der Waals surface area contributed by atoms with Crippen molar-refractivity contribution in [3.63, 3.8) is 0 Å². The van der Waals surface area contributed by atoms with Crippen LogP contribution in [0.25, 0.3) is 10.9 Å². The Morgan fingerprint density at radius 1 is 1.08 bits per heavy atom. The van der Waals surface area contributed by atoms with E-state index in [9.17, 15) is 19.2 Å². The molecule has 36 heavy (non-hydrogen) atoms. The van der Waals surface area contributed by atoms with E-state index in [1.54, 1.807) is 36.4 Å². The maximum Gasteiger partial charge on any atom is 0.245 e. The molecule has 2 fully saturated rings. The number of hydrogen-bond donors (Lipinski definition) is 2. The highest BCUT2D eigenvalue weighted by Crippen LogP contribution is 2.31. The van der Waals surface area contributed by atoms with Gasteiger partial charge in [-0.05, 0) is 56.0 Å². The van der Waals surface area contributed by atoms with E-state index in [2.05, 4.69) is 20.7 Å². The number of carbonyl (C=O) groups excluding carboxylic acids is 4. The average Bonchev–Trinajstić information content (AvgIpc) is 3.74. The maximum absolute atomic E-state index is 13.3. The van der Waals surface area contributed by atoms with E-state index in [1.165, 1.54) is 16.5 Å². The minimum Gasteiger partial charge on any atom is -0.329 e. The Morgan fingerprint density at radius 2 is 1.86 bits per heavy atom. The predicted molar refractivity (Wildman–Crippen MR) is 134 cm³/mol. The predicted octanol–water partition coefficient (Wildman–Crippen LogP) is 3.27. The molecule has 2 aliphatic carbocycles. The van der Waals surface area contributed by atoms with Gasteiger partial charge in [-0.15, -0.1) is 0 Å². The SMILES string of the molecule is CC(=O)c1nn(CC(=O)N(CC(=O)Nc2cccc(Cl)n2)C2CC2)c2ccc(NC(=O)C3CC3)cc12. The van der Waals surface area contributed by atoms with Crippen molar-refractivity contribution in [3.05, 3.63) is 47.2 Å². The Hall–Kier alpha value is -3.79. The van der Waals surface area contributed by atoms with Crippen molar-refractivity contribution in [1.82, 2.24) is 19.7 Å². The van der Waals surface area contributed by atoms with Crippen LogP contribution in [0.1, 0.15) is 43.1 Å². The first kappa shape index (κ1) is 23.9. The number of rotatable bonds is 9. The van der Waals surface area contributed by atoms with E-state index in [0.29, 0.717) is 22.4 Å². The summed E-state index contributed by atoms with van der Waals surface area (Å²) in [5, 5.41) is 10.8. The Bertz CT molecular complexity index is 1380. The molecule has 2 heterocycles. The van der Waals surface area contributed by atoms with Crippen LogP contribution in [-0.2, 0) is 20.9 Å². The van der Waals surface area contributed by atoms with Crippen molar-refractivity contribution >= 4 is 57.5 Å². The summed E-state index contributed by atoms with van der Waals surface area (Å²) in [5.74, 6) is -0.580. The van der Waals surface area contributed by atoms with E-state index in [1.807, 2.05) is 0 Å². The first-order chi connectivity index (χ1) is 17.3. The van der Waals surface area contributed by atoms with Gasteiger partial charge in [0.15, 0.2) is 5.78 Å². The van der Waals surface area contributed by atoms with Crippen molar-refractivity contribution < 1.29 is 19.2 Å². The first-order valence-electron chi connectivity index (χ1n) is 11.8. The minimum atomic E-state index is -0.379. The molecule has 0 bridgehead atoms. The zero-order valence-electron chi connectivity index (χ0n) is 19.7. The molecule has 3 aromatic rings. The maximum atomic E-state index is 13.3. The van der Waals surface area contributed by atoms with Crippen molar-refractivity contribution in [2.24, 2.45) is 5.92 Å². The number of nitrogens with zero attached hydrogens (tertiary/aromatic N) is 4. The smallest absolute Gasteiger partial charge is 0.245 e. The number of pyridine rings is 1. The third kappa shape index (κ3) is 5.38. The van der Waals surface area contributed by atoms with E-state index in [-0.39, 0.29) is 59.4 Å². The average molecular weight is 509 g/mol. The fourth-order valence-electron chi connectivity index (χ4n) is 4.07. The molecule has 3 amide bonds. The Kier molecular flexibility index (Phi) is 6.44. The van der Waals surface area contributed by atoms with E-state index >= 15 is 0 Å². The highest BCUT2D eigenvalue weighted by molar-refractivity contribution is 6.29. The van der Waals surface area contributed by atoms with Crippen LogP contribution in [0.15, 0.2) is 36.4 Å². The van der Waals surface area contributed by atoms with Gasteiger partial charge in [0, 0.05) is 30.0 Å². The van der Waals surface area contributed by atoms with Gasteiger partial charge in [-0.2, -0.15) is 5.10 Å². The van der Waals surface area contributed by atoms with E-state index < -0.39 is 0 Å². The van der Waals surface area contributed by atoms with Gasteiger partial charge in [0.1, 0.15) is 29.8 Å². The highest BCUT2D eigenvalue weighted by atomic mass is 35.5. The molecule has 186 valence electrons. The number of benzene rings is 1. The van der Waals surface area contributed by atoms with Crippen molar-refractivity contribution in [2.45, 2.75) is 45.2 Å². The quantitative estimate of drug-likeness (QED) is 0.337. The molecular formula is C25H25ClN6O4. The fourth-order valence-corrected chi connectivity index (χ4v) is 4.23. The number of hydrogen-bond acceptors (Lipinski definition) is 6. The monoisotopic (exact) mass is 508 g/mol. The molecule has 1 aromatic carbocycles. The minimum absolute atomic E-state index is 0.0195. The first-order valence-corrected chi connectivity index (χ1v) is 12.2. The molecule has 0 unspecified atom stereocenters. The molecule has 11 heteroatoms. The van der Waals surface area contributed by atoms with E-state index in [4.69, 9.17) is 11.6 Å². The van der Waals surface area contributed by atoms with Gasteiger partial charge in [-0.1, -0.05) is 17.7 Å². The molecule has 0 atom stereocenters. The van der Waals surface area contributed by atoms with Crippen LogP contribution in [-0.4, -0.2) is 55.8 Å². The lowest BCUT2D eigenvalue weighted by Crippen LogP contribution is -2.41. The Balaban J connectivity index is 1.33. The van der Waals surface area contributed by atoms with Crippen molar-refractivity contribution in [3.8, 4) is 0 Å². The number of aromatic nitrogens is 3. The second-order valence-electron chi connectivity index (χ2n) is 9.20. The van der Waals surface area contributed by atoms with Gasteiger partial charge in [0.25, 0.3) is 0 Å². The molecular weight excluding hydrogens is 484 g/mol. The number of Topliss-reactive ketones (excluding diaryl/α,β-unsaturated/α-hetero) is 1. The third-order valence-electron chi connectivity index (χ3n) is 6.19. The molecule has 2 aliphatic rings. The van der Waals surface area contributed by atoms with Crippen LogP contribution in [0.3, 0.4) is 0 Å².